The number of rotatable bonds is 25. The second-order valence-electron chi connectivity index (χ2n) is 18.5. The van der Waals surface area contributed by atoms with Gasteiger partial charge in [-0.3, -0.25) is 24.2 Å². The summed E-state index contributed by atoms with van der Waals surface area (Å²) in [6, 6.07) is 20.5. The Morgan fingerprint density at radius 1 is 0.750 bits per heavy atom. The summed E-state index contributed by atoms with van der Waals surface area (Å²) in [6.07, 6.45) is 4.24. The van der Waals surface area contributed by atoms with Gasteiger partial charge in [-0.25, -0.2) is 13.4 Å². The summed E-state index contributed by atoms with van der Waals surface area (Å²) in [5.74, 6) is -3.32. The van der Waals surface area contributed by atoms with E-state index in [0.717, 1.165) is 11.1 Å². The maximum absolute atomic E-state index is 14.5. The molecule has 7 atom stereocenters. The molecule has 3 aromatic carbocycles. The van der Waals surface area contributed by atoms with Crippen molar-refractivity contribution in [2.45, 2.75) is 115 Å². The van der Waals surface area contributed by atoms with Crippen molar-refractivity contribution in [2.24, 2.45) is 23.7 Å². The van der Waals surface area contributed by atoms with Gasteiger partial charge in [0.15, 0.2) is 0 Å². The first-order valence-electron chi connectivity index (χ1n) is 23.4. The van der Waals surface area contributed by atoms with Gasteiger partial charge in [0, 0.05) is 61.0 Å². The Morgan fingerprint density at radius 3 is 2.07 bits per heavy atom. The molecule has 5 rings (SSSR count). The Labute approximate surface area is 400 Å². The summed E-state index contributed by atoms with van der Waals surface area (Å²) in [4.78, 5) is 69.9. The van der Waals surface area contributed by atoms with Gasteiger partial charge in [0.1, 0.15) is 18.1 Å². The number of aliphatic hydroxyl groups is 1. The number of aromatic amines is 1. The molecule has 0 fully saturated rings. The van der Waals surface area contributed by atoms with E-state index in [1.165, 1.54) is 18.6 Å². The van der Waals surface area contributed by atoms with Gasteiger partial charge in [0.25, 0.3) is 0 Å². The van der Waals surface area contributed by atoms with E-state index < -0.39 is 63.9 Å². The molecule has 2 heterocycles. The van der Waals surface area contributed by atoms with Crippen LogP contribution >= 0.6 is 0 Å². The molecule has 366 valence electrons. The number of imidazole rings is 1. The summed E-state index contributed by atoms with van der Waals surface area (Å²) >= 11 is 0. The Balaban J connectivity index is 1.38. The van der Waals surface area contributed by atoms with E-state index in [2.05, 4.69) is 40.9 Å². The Hall–Kier alpha value is -6.17. The van der Waals surface area contributed by atoms with Gasteiger partial charge >= 0.3 is 0 Å². The summed E-state index contributed by atoms with van der Waals surface area (Å²) < 4.78 is 31.4. The number of anilines is 1. The third-order valence-electron chi connectivity index (χ3n) is 12.3. The van der Waals surface area contributed by atoms with E-state index in [1.54, 1.807) is 60.8 Å². The Bertz CT molecular complexity index is 2520. The van der Waals surface area contributed by atoms with E-state index >= 15 is 0 Å². The maximum atomic E-state index is 14.5. The number of carbonyl (C=O) groups excluding carboxylic acids is 4. The highest BCUT2D eigenvalue weighted by Crippen LogP contribution is 2.30. The predicted molar refractivity (Wildman–Crippen MR) is 265 cm³/mol. The third kappa shape index (κ3) is 14.7. The van der Waals surface area contributed by atoms with Gasteiger partial charge in [-0.05, 0) is 66.8 Å². The number of nitrogens with one attached hydrogen (secondary N) is 6. The molecular weight excluding hydrogens is 883 g/mol. The fourth-order valence-corrected chi connectivity index (χ4v) is 9.65. The molecule has 5 aromatic rings. The first-order valence-corrected chi connectivity index (χ1v) is 24.9. The molecule has 0 bridgehead atoms. The van der Waals surface area contributed by atoms with E-state index in [-0.39, 0.29) is 54.4 Å². The molecule has 4 amide bonds. The first-order chi connectivity index (χ1) is 32.4. The fourth-order valence-electron chi connectivity index (χ4n) is 8.24. The van der Waals surface area contributed by atoms with Crippen LogP contribution in [-0.2, 0) is 48.6 Å². The molecule has 7 N–H and O–H groups in total. The van der Waals surface area contributed by atoms with Crippen LogP contribution in [0.2, 0.25) is 0 Å². The number of pyridine rings is 1. The maximum Gasteiger partial charge on any atom is 0.243 e. The predicted octanol–water partition coefficient (Wildman–Crippen LogP) is 5.04. The van der Waals surface area contributed by atoms with Crippen molar-refractivity contribution in [2.75, 3.05) is 19.0 Å². The van der Waals surface area contributed by atoms with Crippen molar-refractivity contribution in [3.63, 3.8) is 0 Å². The lowest BCUT2D eigenvalue weighted by molar-refractivity contribution is -0.134. The highest BCUT2D eigenvalue weighted by Gasteiger charge is 2.36. The smallest absolute Gasteiger partial charge is 0.243 e. The zero-order valence-corrected chi connectivity index (χ0v) is 41.2. The van der Waals surface area contributed by atoms with Crippen molar-refractivity contribution in [3.8, 4) is 0 Å². The SMILES string of the molecule is CC[C@H](C)[C@H](NC(=O)[C@@H](C[C@H](O)[C@H](CC(C)C)NC(=O)[C@H](Cc1cnc[nH]1)NC(=O)[C@H](Cc1ccccc1)NS(=O)(=O)c1cccc2c(N(C)C)cccc12)C(C)C)C(=O)NCc1ccccn1. The summed E-state index contributed by atoms with van der Waals surface area (Å²) in [7, 11) is -0.595. The molecule has 0 radical (unpaired) electrons. The number of benzene rings is 3. The average molecular weight is 952 g/mol. The summed E-state index contributed by atoms with van der Waals surface area (Å²) in [6.45, 7) is 11.6. The molecule has 16 nitrogen and oxygen atoms in total. The van der Waals surface area contributed by atoms with Crippen molar-refractivity contribution in [1.29, 1.82) is 0 Å². The second-order valence-corrected chi connectivity index (χ2v) is 20.2. The van der Waals surface area contributed by atoms with Crippen LogP contribution in [0.4, 0.5) is 5.69 Å². The van der Waals surface area contributed by atoms with Crippen LogP contribution in [0.15, 0.2) is 109 Å². The lowest BCUT2D eigenvalue weighted by Crippen LogP contribution is -2.57. The van der Waals surface area contributed by atoms with Gasteiger partial charge in [0.2, 0.25) is 33.7 Å². The third-order valence-corrected chi connectivity index (χ3v) is 13.8. The van der Waals surface area contributed by atoms with Gasteiger partial charge in [-0.15, -0.1) is 0 Å². The average Bonchev–Trinajstić information content (AvgIpc) is 3.83. The van der Waals surface area contributed by atoms with Gasteiger partial charge < -0.3 is 36.3 Å². The lowest BCUT2D eigenvalue weighted by atomic mass is 9.85. The van der Waals surface area contributed by atoms with Crippen molar-refractivity contribution in [3.05, 3.63) is 121 Å². The van der Waals surface area contributed by atoms with Gasteiger partial charge in [-0.1, -0.05) is 109 Å². The van der Waals surface area contributed by atoms with E-state index in [4.69, 9.17) is 0 Å². The van der Waals surface area contributed by atoms with E-state index in [9.17, 15) is 32.7 Å². The normalized spacial score (nSPS) is 14.9. The van der Waals surface area contributed by atoms with Gasteiger partial charge in [-0.2, -0.15) is 4.72 Å². The van der Waals surface area contributed by atoms with Crippen LogP contribution in [0.5, 0.6) is 0 Å². The number of hydrogen-bond acceptors (Lipinski definition) is 10. The quantitative estimate of drug-likeness (QED) is 0.0413. The van der Waals surface area contributed by atoms with Crippen molar-refractivity contribution >= 4 is 50.1 Å². The van der Waals surface area contributed by atoms with Crippen LogP contribution in [-0.4, -0.2) is 96.5 Å². The van der Waals surface area contributed by atoms with Crippen molar-refractivity contribution in [1.82, 2.24) is 40.9 Å². The standard InChI is InChI=1S/C51H69N9O7S/c1-9-34(6)47(51(65)54-30-36-19-13-14-24-53-36)58-48(62)40(33(4)5)28-45(61)41(25-32(2)3)56-49(63)42(27-37-29-52-31-55-37)57-50(64)43(26-35-17-11-10-12-18-35)59-68(66,67)46-23-16-20-38-39(46)21-15-22-44(38)60(7)8/h10-24,29,31-34,40-43,45,47,59,61H,9,25-28,30H2,1-8H3,(H,52,55)(H,54,65)(H,56,63)(H,57,64)(H,58,62)/t34-,40-,41-,42-,43-,45-,47-/m0/s1. The molecule has 0 aliphatic rings. The fraction of sp³-hybridized carbons (Fsp3) is 0.451. The Kier molecular flexibility index (Phi) is 19.2. The first kappa shape index (κ1) is 52.8. The number of H-pyrrole nitrogens is 1. The summed E-state index contributed by atoms with van der Waals surface area (Å²) in [5.41, 5.74) is 2.70. The summed E-state index contributed by atoms with van der Waals surface area (Å²) in [5, 5.41) is 24.8. The second kappa shape index (κ2) is 24.7. The van der Waals surface area contributed by atoms with Crippen molar-refractivity contribution < 1.29 is 32.7 Å². The molecule has 17 heteroatoms. The number of amides is 4. The highest BCUT2D eigenvalue weighted by molar-refractivity contribution is 7.89. The van der Waals surface area contributed by atoms with Crippen LogP contribution in [0, 0.1) is 23.7 Å². The number of sulfonamides is 1. The van der Waals surface area contributed by atoms with Crippen LogP contribution < -0.4 is 30.9 Å². The number of fused-ring (bicyclic) bond motifs is 1. The minimum atomic E-state index is -4.34. The van der Waals surface area contributed by atoms with Gasteiger partial charge in [0.05, 0.1) is 35.6 Å². The number of nitrogens with zero attached hydrogens (tertiary/aromatic N) is 3. The van der Waals surface area contributed by atoms with E-state index in [0.29, 0.717) is 35.2 Å². The number of aromatic nitrogens is 3. The molecule has 0 spiro atoms. The molecule has 0 aliphatic heterocycles. The number of aliphatic hydroxyl groups excluding tert-OH is 1. The van der Waals surface area contributed by atoms with Crippen LogP contribution in [0.25, 0.3) is 10.8 Å². The van der Waals surface area contributed by atoms with Crippen LogP contribution in [0.3, 0.4) is 0 Å². The molecule has 0 saturated carbocycles. The molecule has 0 unspecified atom stereocenters. The molecule has 0 aliphatic carbocycles. The zero-order chi connectivity index (χ0) is 49.5. The zero-order valence-electron chi connectivity index (χ0n) is 40.4. The molecular formula is C51H69N9O7S. The lowest BCUT2D eigenvalue weighted by Gasteiger charge is -2.32. The largest absolute Gasteiger partial charge is 0.391 e. The van der Waals surface area contributed by atoms with Crippen LogP contribution in [0.1, 0.15) is 77.8 Å². The molecule has 68 heavy (non-hydrogen) atoms. The van der Waals surface area contributed by atoms with E-state index in [1.807, 2.05) is 84.8 Å². The number of carbonyl (C=O) groups is 4. The Morgan fingerprint density at radius 2 is 1.44 bits per heavy atom. The topological polar surface area (TPSA) is 228 Å². The molecule has 2 aromatic heterocycles. The highest BCUT2D eigenvalue weighted by atomic mass is 32.2. The monoisotopic (exact) mass is 952 g/mol. The molecule has 0 saturated heterocycles. The number of hydrogen-bond donors (Lipinski definition) is 7. The minimum absolute atomic E-state index is 0.00511. The minimum Gasteiger partial charge on any atom is -0.391 e.